The van der Waals surface area contributed by atoms with Crippen LogP contribution in [0.3, 0.4) is 0 Å². The SMILES string of the molecule is CC(C)CNC(=O)c1ccnc(-c2nnc3ccc(Nc4ccccc4)nn23)c1. The van der Waals surface area contributed by atoms with Crippen LogP contribution in [0.2, 0.25) is 0 Å². The fourth-order valence-corrected chi connectivity index (χ4v) is 2.78. The summed E-state index contributed by atoms with van der Waals surface area (Å²) in [5, 5.41) is 19.1. The van der Waals surface area contributed by atoms with Crippen molar-refractivity contribution in [3.05, 3.63) is 66.4 Å². The third kappa shape index (κ3) is 4.21. The zero-order valence-corrected chi connectivity index (χ0v) is 16.2. The van der Waals surface area contributed by atoms with Crippen LogP contribution in [0.4, 0.5) is 11.5 Å². The molecule has 0 aliphatic heterocycles. The molecule has 0 spiro atoms. The van der Waals surface area contributed by atoms with Crippen LogP contribution in [0, 0.1) is 5.92 Å². The third-order valence-electron chi connectivity index (χ3n) is 4.23. The number of amides is 1. The van der Waals surface area contributed by atoms with Crippen molar-refractivity contribution in [2.24, 2.45) is 5.92 Å². The molecule has 1 amide bonds. The number of nitrogens with one attached hydrogen (secondary N) is 2. The zero-order valence-electron chi connectivity index (χ0n) is 16.2. The van der Waals surface area contributed by atoms with E-state index in [1.807, 2.05) is 56.3 Å². The number of pyridine rings is 1. The minimum Gasteiger partial charge on any atom is -0.352 e. The molecule has 4 rings (SSSR count). The first-order chi connectivity index (χ1) is 14.1. The molecular weight excluding hydrogens is 366 g/mol. The minimum atomic E-state index is -0.143. The van der Waals surface area contributed by atoms with Gasteiger partial charge in [-0.2, -0.15) is 4.52 Å². The highest BCUT2D eigenvalue weighted by atomic mass is 16.1. The van der Waals surface area contributed by atoms with Gasteiger partial charge in [-0.25, -0.2) is 0 Å². The van der Waals surface area contributed by atoms with Gasteiger partial charge < -0.3 is 10.6 Å². The Morgan fingerprint density at radius 3 is 2.69 bits per heavy atom. The number of nitrogens with zero attached hydrogens (tertiary/aromatic N) is 5. The second-order valence-corrected chi connectivity index (χ2v) is 7.04. The van der Waals surface area contributed by atoms with Crippen LogP contribution in [0.1, 0.15) is 24.2 Å². The molecule has 3 heterocycles. The Bertz CT molecular complexity index is 1140. The van der Waals surface area contributed by atoms with Crippen molar-refractivity contribution >= 4 is 23.1 Å². The summed E-state index contributed by atoms with van der Waals surface area (Å²) in [6, 6.07) is 16.8. The molecule has 8 heteroatoms. The minimum absolute atomic E-state index is 0.143. The predicted molar refractivity (Wildman–Crippen MR) is 111 cm³/mol. The monoisotopic (exact) mass is 387 g/mol. The van der Waals surface area contributed by atoms with Gasteiger partial charge in [0.1, 0.15) is 5.69 Å². The largest absolute Gasteiger partial charge is 0.352 e. The molecule has 2 N–H and O–H groups in total. The second-order valence-electron chi connectivity index (χ2n) is 7.04. The van der Waals surface area contributed by atoms with Crippen LogP contribution in [0.15, 0.2) is 60.8 Å². The summed E-state index contributed by atoms with van der Waals surface area (Å²) in [4.78, 5) is 16.7. The Labute approximate surface area is 168 Å². The number of anilines is 2. The molecule has 0 bridgehead atoms. The molecular formula is C21H21N7O. The van der Waals surface area contributed by atoms with Crippen molar-refractivity contribution in [3.8, 4) is 11.5 Å². The summed E-state index contributed by atoms with van der Waals surface area (Å²) in [5.74, 6) is 1.35. The fraction of sp³-hybridized carbons (Fsp3) is 0.190. The summed E-state index contributed by atoms with van der Waals surface area (Å²) >= 11 is 0. The highest BCUT2D eigenvalue weighted by Gasteiger charge is 2.14. The Morgan fingerprint density at radius 1 is 1.07 bits per heavy atom. The lowest BCUT2D eigenvalue weighted by molar-refractivity contribution is 0.0949. The lowest BCUT2D eigenvalue weighted by Crippen LogP contribution is -2.27. The molecule has 1 aromatic carbocycles. The Hall–Kier alpha value is -3.81. The van der Waals surface area contributed by atoms with E-state index in [1.54, 1.807) is 22.8 Å². The van der Waals surface area contributed by atoms with Gasteiger partial charge in [0.15, 0.2) is 11.5 Å². The highest BCUT2D eigenvalue weighted by Crippen LogP contribution is 2.19. The van der Waals surface area contributed by atoms with E-state index in [4.69, 9.17) is 0 Å². The van der Waals surface area contributed by atoms with E-state index < -0.39 is 0 Å². The van der Waals surface area contributed by atoms with Gasteiger partial charge >= 0.3 is 0 Å². The van der Waals surface area contributed by atoms with Crippen LogP contribution < -0.4 is 10.6 Å². The van der Waals surface area contributed by atoms with Gasteiger partial charge in [-0.1, -0.05) is 32.0 Å². The van der Waals surface area contributed by atoms with Crippen molar-refractivity contribution in [3.63, 3.8) is 0 Å². The normalized spacial score (nSPS) is 11.0. The quantitative estimate of drug-likeness (QED) is 0.527. The maximum absolute atomic E-state index is 12.4. The topological polar surface area (TPSA) is 97.1 Å². The molecule has 0 aliphatic carbocycles. The number of hydrogen-bond acceptors (Lipinski definition) is 6. The molecule has 0 aliphatic rings. The van der Waals surface area contributed by atoms with E-state index in [2.05, 4.69) is 30.9 Å². The van der Waals surface area contributed by atoms with Gasteiger partial charge in [-0.3, -0.25) is 9.78 Å². The predicted octanol–water partition coefficient (Wildman–Crippen LogP) is 3.32. The van der Waals surface area contributed by atoms with Crippen LogP contribution in [0.5, 0.6) is 0 Å². The van der Waals surface area contributed by atoms with Crippen molar-refractivity contribution in [1.82, 2.24) is 30.1 Å². The summed E-state index contributed by atoms with van der Waals surface area (Å²) in [5.41, 5.74) is 2.57. The summed E-state index contributed by atoms with van der Waals surface area (Å²) in [6.07, 6.45) is 1.59. The summed E-state index contributed by atoms with van der Waals surface area (Å²) < 4.78 is 1.61. The molecule has 4 aromatic rings. The first kappa shape index (κ1) is 18.5. The third-order valence-corrected chi connectivity index (χ3v) is 4.23. The van der Waals surface area contributed by atoms with Crippen molar-refractivity contribution in [1.29, 1.82) is 0 Å². The van der Waals surface area contributed by atoms with Crippen molar-refractivity contribution < 1.29 is 4.79 Å². The first-order valence-electron chi connectivity index (χ1n) is 9.39. The number of benzene rings is 1. The maximum Gasteiger partial charge on any atom is 0.251 e. The second kappa shape index (κ2) is 8.05. The van der Waals surface area contributed by atoms with Crippen LogP contribution >= 0.6 is 0 Å². The van der Waals surface area contributed by atoms with Gasteiger partial charge in [0.05, 0.1) is 0 Å². The molecule has 3 aromatic heterocycles. The Balaban J connectivity index is 1.64. The van der Waals surface area contributed by atoms with E-state index >= 15 is 0 Å². The lowest BCUT2D eigenvalue weighted by Gasteiger charge is -2.08. The van der Waals surface area contributed by atoms with Gasteiger partial charge in [-0.05, 0) is 42.3 Å². The number of aromatic nitrogens is 5. The number of rotatable bonds is 6. The molecule has 0 atom stereocenters. The van der Waals surface area contributed by atoms with Gasteiger partial charge in [0, 0.05) is 24.0 Å². The number of para-hydroxylation sites is 1. The molecule has 146 valence electrons. The van der Waals surface area contributed by atoms with Crippen LogP contribution in [-0.4, -0.2) is 37.2 Å². The van der Waals surface area contributed by atoms with Gasteiger partial charge in [-0.15, -0.1) is 15.3 Å². The lowest BCUT2D eigenvalue weighted by atomic mass is 10.2. The Morgan fingerprint density at radius 2 is 1.90 bits per heavy atom. The number of fused-ring (bicyclic) bond motifs is 1. The first-order valence-corrected chi connectivity index (χ1v) is 9.39. The number of carbonyl (C=O) groups excluding carboxylic acids is 1. The van der Waals surface area contributed by atoms with E-state index in [9.17, 15) is 4.79 Å². The molecule has 0 fully saturated rings. The molecule has 0 radical (unpaired) electrons. The smallest absolute Gasteiger partial charge is 0.251 e. The fourth-order valence-electron chi connectivity index (χ4n) is 2.78. The summed E-state index contributed by atoms with van der Waals surface area (Å²) in [7, 11) is 0. The van der Waals surface area contributed by atoms with E-state index in [0.717, 1.165) is 5.69 Å². The van der Waals surface area contributed by atoms with E-state index in [1.165, 1.54) is 0 Å². The summed E-state index contributed by atoms with van der Waals surface area (Å²) in [6.45, 7) is 4.71. The van der Waals surface area contributed by atoms with Crippen molar-refractivity contribution in [2.45, 2.75) is 13.8 Å². The molecule has 0 saturated carbocycles. The average Bonchev–Trinajstić information content (AvgIpc) is 3.16. The zero-order chi connectivity index (χ0) is 20.2. The molecule has 8 nitrogen and oxygen atoms in total. The molecule has 29 heavy (non-hydrogen) atoms. The van der Waals surface area contributed by atoms with Gasteiger partial charge in [0.2, 0.25) is 5.82 Å². The maximum atomic E-state index is 12.4. The average molecular weight is 387 g/mol. The molecule has 0 saturated heterocycles. The number of carbonyl (C=O) groups is 1. The van der Waals surface area contributed by atoms with Crippen molar-refractivity contribution in [2.75, 3.05) is 11.9 Å². The highest BCUT2D eigenvalue weighted by molar-refractivity contribution is 5.94. The van der Waals surface area contributed by atoms with Crippen LogP contribution in [-0.2, 0) is 0 Å². The van der Waals surface area contributed by atoms with Crippen LogP contribution in [0.25, 0.3) is 17.2 Å². The number of hydrogen-bond donors (Lipinski definition) is 2. The van der Waals surface area contributed by atoms with E-state index in [-0.39, 0.29) is 5.91 Å². The molecule has 0 unspecified atom stereocenters. The van der Waals surface area contributed by atoms with Gasteiger partial charge in [0.25, 0.3) is 5.91 Å². The Kier molecular flexibility index (Phi) is 5.15. The van der Waals surface area contributed by atoms with E-state index in [0.29, 0.717) is 41.0 Å². The standard InChI is InChI=1S/C21H21N7O/c1-14(2)13-23-21(29)15-10-11-22-17(12-15)20-26-25-19-9-8-18(27-28(19)20)24-16-6-4-3-5-7-16/h3-12,14H,13H2,1-2H3,(H,23,29)(H,24,27).